The molecule has 0 amide bonds. The van der Waals surface area contributed by atoms with Crippen molar-refractivity contribution in [1.29, 1.82) is 0 Å². The molecule has 2 heterocycles. The third-order valence-electron chi connectivity index (χ3n) is 4.95. The molecule has 6 nitrogen and oxygen atoms in total. The number of guanidine groups is 1. The summed E-state index contributed by atoms with van der Waals surface area (Å²) in [6.07, 6.45) is 2.28. The summed E-state index contributed by atoms with van der Waals surface area (Å²) in [6, 6.07) is 4.17. The molecule has 1 aromatic carbocycles. The van der Waals surface area contributed by atoms with Crippen molar-refractivity contribution in [3.8, 4) is 11.5 Å². The Morgan fingerprint density at radius 2 is 2.27 bits per heavy atom. The van der Waals surface area contributed by atoms with Crippen LogP contribution in [0.25, 0.3) is 0 Å². The van der Waals surface area contributed by atoms with E-state index in [2.05, 4.69) is 43.2 Å². The highest BCUT2D eigenvalue weighted by atomic mass is 16.5. The fourth-order valence-corrected chi connectivity index (χ4v) is 3.63. The number of ether oxygens (including phenoxy) is 3. The van der Waals surface area contributed by atoms with E-state index in [1.165, 1.54) is 5.56 Å². The van der Waals surface area contributed by atoms with Crippen LogP contribution in [0.5, 0.6) is 11.5 Å². The molecule has 0 aliphatic carbocycles. The maximum Gasteiger partial charge on any atom is 0.193 e. The van der Waals surface area contributed by atoms with E-state index in [0.717, 1.165) is 62.2 Å². The molecule has 26 heavy (non-hydrogen) atoms. The van der Waals surface area contributed by atoms with E-state index in [0.29, 0.717) is 12.5 Å². The Morgan fingerprint density at radius 3 is 2.96 bits per heavy atom. The summed E-state index contributed by atoms with van der Waals surface area (Å²) >= 11 is 0. The van der Waals surface area contributed by atoms with Crippen molar-refractivity contribution in [3.63, 3.8) is 0 Å². The number of nitrogens with one attached hydrogen (secondary N) is 1. The molecule has 6 heteroatoms. The van der Waals surface area contributed by atoms with Crippen molar-refractivity contribution >= 4 is 5.96 Å². The monoisotopic (exact) mass is 361 g/mol. The van der Waals surface area contributed by atoms with Gasteiger partial charge in [0.2, 0.25) is 0 Å². The Hall–Kier alpha value is -1.95. The van der Waals surface area contributed by atoms with Gasteiger partial charge < -0.3 is 24.4 Å². The number of fused-ring (bicyclic) bond motifs is 1. The Morgan fingerprint density at radius 1 is 1.42 bits per heavy atom. The molecule has 1 N–H and O–H groups in total. The van der Waals surface area contributed by atoms with E-state index in [-0.39, 0.29) is 6.10 Å². The minimum Gasteiger partial charge on any atom is -0.496 e. The second-order valence-corrected chi connectivity index (χ2v) is 7.18. The van der Waals surface area contributed by atoms with Crippen molar-refractivity contribution < 1.29 is 14.2 Å². The molecule has 1 aromatic rings. The van der Waals surface area contributed by atoms with Gasteiger partial charge in [-0.15, -0.1) is 0 Å². The Bertz CT molecular complexity index is 641. The maximum atomic E-state index is 5.89. The zero-order valence-corrected chi connectivity index (χ0v) is 16.4. The minimum absolute atomic E-state index is 0.227. The van der Waals surface area contributed by atoms with Crippen LogP contribution in [0.1, 0.15) is 31.4 Å². The summed E-state index contributed by atoms with van der Waals surface area (Å²) in [7, 11) is 3.80. The third kappa shape index (κ3) is 4.41. The van der Waals surface area contributed by atoms with E-state index in [4.69, 9.17) is 19.2 Å². The lowest BCUT2D eigenvalue weighted by Crippen LogP contribution is -2.41. The summed E-state index contributed by atoms with van der Waals surface area (Å²) in [4.78, 5) is 7.03. The normalized spacial score (nSPS) is 22.1. The van der Waals surface area contributed by atoms with Gasteiger partial charge in [-0.3, -0.25) is 0 Å². The van der Waals surface area contributed by atoms with Gasteiger partial charge in [-0.25, -0.2) is 4.99 Å². The predicted octanol–water partition coefficient (Wildman–Crippen LogP) is 2.45. The Balaban J connectivity index is 1.73. The molecule has 144 valence electrons. The van der Waals surface area contributed by atoms with Crippen molar-refractivity contribution in [2.75, 3.05) is 40.5 Å². The van der Waals surface area contributed by atoms with Crippen LogP contribution in [0.4, 0.5) is 0 Å². The van der Waals surface area contributed by atoms with Crippen molar-refractivity contribution in [1.82, 2.24) is 10.2 Å². The number of benzene rings is 1. The number of aliphatic imine (C=N–C) groups is 1. The lowest BCUT2D eigenvalue weighted by Gasteiger charge is -2.24. The van der Waals surface area contributed by atoms with E-state index >= 15 is 0 Å². The largest absolute Gasteiger partial charge is 0.496 e. The highest BCUT2D eigenvalue weighted by Gasteiger charge is 2.22. The zero-order chi connectivity index (χ0) is 18.5. The number of hydrogen-bond donors (Lipinski definition) is 1. The van der Waals surface area contributed by atoms with Gasteiger partial charge in [0.15, 0.2) is 5.96 Å². The van der Waals surface area contributed by atoms with Crippen molar-refractivity contribution in [2.24, 2.45) is 10.9 Å². The Kier molecular flexibility index (Phi) is 6.25. The number of nitrogens with zero attached hydrogens (tertiary/aromatic N) is 2. The summed E-state index contributed by atoms with van der Waals surface area (Å²) in [5.41, 5.74) is 2.26. The number of rotatable bonds is 6. The third-order valence-corrected chi connectivity index (χ3v) is 4.95. The topological polar surface area (TPSA) is 55.3 Å². The first-order chi connectivity index (χ1) is 12.6. The molecular weight excluding hydrogens is 330 g/mol. The summed E-state index contributed by atoms with van der Waals surface area (Å²) in [5, 5.41) is 3.39. The average Bonchev–Trinajstić information content (AvgIpc) is 3.25. The Labute approximate surface area is 156 Å². The molecule has 0 spiro atoms. The first kappa shape index (κ1) is 18.8. The summed E-state index contributed by atoms with van der Waals surface area (Å²) in [6.45, 7) is 8.25. The van der Waals surface area contributed by atoms with Crippen LogP contribution in [0, 0.1) is 5.92 Å². The highest BCUT2D eigenvalue weighted by Crippen LogP contribution is 2.35. The van der Waals surface area contributed by atoms with Gasteiger partial charge in [-0.2, -0.15) is 0 Å². The van der Waals surface area contributed by atoms with Gasteiger partial charge in [0.1, 0.15) is 17.6 Å². The number of hydrogen-bond acceptors (Lipinski definition) is 4. The SMILES string of the molecule is CCNC(=NCc1cc2c(cc1OC)CC(C)O2)N(C)CC1CCOC1. The lowest BCUT2D eigenvalue weighted by molar-refractivity contribution is 0.181. The van der Waals surface area contributed by atoms with Gasteiger partial charge in [0.05, 0.1) is 20.3 Å². The molecule has 1 fully saturated rings. The molecule has 2 atom stereocenters. The quantitative estimate of drug-likeness (QED) is 0.623. The molecule has 2 unspecified atom stereocenters. The second kappa shape index (κ2) is 8.62. The van der Waals surface area contributed by atoms with Crippen molar-refractivity contribution in [2.45, 2.75) is 39.3 Å². The second-order valence-electron chi connectivity index (χ2n) is 7.18. The molecule has 0 saturated carbocycles. The molecule has 3 rings (SSSR count). The molecule has 0 radical (unpaired) electrons. The standard InChI is InChI=1S/C20H31N3O3/c1-5-21-20(23(3)12-15-6-7-25-13-15)22-11-17-10-19-16(8-14(2)26-19)9-18(17)24-4/h9-10,14-15H,5-8,11-13H2,1-4H3,(H,21,22). The predicted molar refractivity (Wildman–Crippen MR) is 103 cm³/mol. The number of methoxy groups -OCH3 is 1. The molecule has 2 aliphatic rings. The van der Waals surface area contributed by atoms with Crippen LogP contribution < -0.4 is 14.8 Å². The average molecular weight is 361 g/mol. The summed E-state index contributed by atoms with van der Waals surface area (Å²) in [5.74, 6) is 3.34. The molecule has 0 aromatic heterocycles. The molecule has 2 aliphatic heterocycles. The fourth-order valence-electron chi connectivity index (χ4n) is 3.63. The van der Waals surface area contributed by atoms with E-state index in [1.807, 2.05) is 0 Å². The van der Waals surface area contributed by atoms with Crippen LogP contribution in [-0.2, 0) is 17.7 Å². The highest BCUT2D eigenvalue weighted by molar-refractivity contribution is 5.79. The molecular formula is C20H31N3O3. The smallest absolute Gasteiger partial charge is 0.193 e. The van der Waals surface area contributed by atoms with Crippen LogP contribution in [0.15, 0.2) is 17.1 Å². The fraction of sp³-hybridized carbons (Fsp3) is 0.650. The van der Waals surface area contributed by atoms with Crippen LogP contribution in [0.3, 0.4) is 0 Å². The molecule has 1 saturated heterocycles. The summed E-state index contributed by atoms with van der Waals surface area (Å²) < 4.78 is 17.0. The maximum absolute atomic E-state index is 5.89. The minimum atomic E-state index is 0.227. The van der Waals surface area contributed by atoms with Crippen molar-refractivity contribution in [3.05, 3.63) is 23.3 Å². The molecule has 0 bridgehead atoms. The van der Waals surface area contributed by atoms with E-state index in [9.17, 15) is 0 Å². The van der Waals surface area contributed by atoms with Gasteiger partial charge in [0, 0.05) is 50.2 Å². The van der Waals surface area contributed by atoms with E-state index in [1.54, 1.807) is 7.11 Å². The lowest BCUT2D eigenvalue weighted by atomic mass is 10.1. The van der Waals surface area contributed by atoms with E-state index < -0.39 is 0 Å². The van der Waals surface area contributed by atoms with Gasteiger partial charge in [-0.1, -0.05) is 0 Å². The first-order valence-corrected chi connectivity index (χ1v) is 9.54. The zero-order valence-electron chi connectivity index (χ0n) is 16.4. The van der Waals surface area contributed by atoms with Crippen LogP contribution in [0.2, 0.25) is 0 Å². The van der Waals surface area contributed by atoms with Crippen LogP contribution >= 0.6 is 0 Å². The van der Waals surface area contributed by atoms with Gasteiger partial charge >= 0.3 is 0 Å². The van der Waals surface area contributed by atoms with Gasteiger partial charge in [0.25, 0.3) is 0 Å². The van der Waals surface area contributed by atoms with Crippen LogP contribution in [-0.4, -0.2) is 57.4 Å². The first-order valence-electron chi connectivity index (χ1n) is 9.54. The van der Waals surface area contributed by atoms with Gasteiger partial charge in [-0.05, 0) is 32.4 Å².